The van der Waals surface area contributed by atoms with Gasteiger partial charge in [0.1, 0.15) is 18.1 Å². The van der Waals surface area contributed by atoms with E-state index >= 15 is 0 Å². The summed E-state index contributed by atoms with van der Waals surface area (Å²) in [5.41, 5.74) is 12.9. The summed E-state index contributed by atoms with van der Waals surface area (Å²) in [4.78, 5) is 76.2. The van der Waals surface area contributed by atoms with Gasteiger partial charge < -0.3 is 42.6 Å². The van der Waals surface area contributed by atoms with Crippen molar-refractivity contribution in [1.29, 1.82) is 0 Å². The van der Waals surface area contributed by atoms with Crippen LogP contribution in [0.15, 0.2) is 30.5 Å². The van der Waals surface area contributed by atoms with Gasteiger partial charge in [0.05, 0.1) is 12.5 Å². The number of carbonyl (C=O) groups excluding carboxylic acids is 4. The predicted molar refractivity (Wildman–Crippen MR) is 144 cm³/mol. The number of aromatic amines is 1. The molecule has 14 nitrogen and oxygen atoms in total. The average Bonchev–Trinajstić information content (AvgIpc) is 3.27. The molecule has 0 bridgehead atoms. The smallest absolute Gasteiger partial charge is 0.326 e. The second kappa shape index (κ2) is 14.6. The van der Waals surface area contributed by atoms with Gasteiger partial charge in [-0.05, 0) is 36.8 Å². The van der Waals surface area contributed by atoms with Crippen molar-refractivity contribution in [1.82, 2.24) is 20.9 Å². The van der Waals surface area contributed by atoms with Gasteiger partial charge in [-0.3, -0.25) is 24.0 Å². The van der Waals surface area contributed by atoms with Gasteiger partial charge in [0, 0.05) is 23.5 Å². The Bertz CT molecular complexity index is 1240. The molecule has 40 heavy (non-hydrogen) atoms. The number of aromatic nitrogens is 1. The summed E-state index contributed by atoms with van der Waals surface area (Å²) >= 11 is 0. The molecule has 0 aliphatic heterocycles. The van der Waals surface area contributed by atoms with Crippen molar-refractivity contribution in [2.45, 2.75) is 70.1 Å². The van der Waals surface area contributed by atoms with Crippen LogP contribution in [0.5, 0.6) is 0 Å². The average molecular weight is 561 g/mol. The number of primary amides is 1. The topological polar surface area (TPSA) is 247 Å². The highest BCUT2D eigenvalue weighted by Gasteiger charge is 2.32. The number of nitrogens with two attached hydrogens (primary N) is 2. The molecule has 0 aliphatic carbocycles. The molecule has 0 spiro atoms. The summed E-state index contributed by atoms with van der Waals surface area (Å²) < 4.78 is 0. The number of carbonyl (C=O) groups is 6. The summed E-state index contributed by atoms with van der Waals surface area (Å²) in [6.07, 6.45) is 0.404. The molecule has 0 radical (unpaired) electrons. The summed E-state index contributed by atoms with van der Waals surface area (Å²) in [6, 6.07) is 2.01. The Hall–Kier alpha value is -4.46. The standard InChI is InChI=1S/C26H36N6O8/c1-13(2)9-20(26(39)40)32-25(38)19(11-21(28)33)31-24(37)18(7-8-22(34)35)30-23(36)16(27)10-14-12-29-17-6-4-3-5-15(14)17/h3-6,12-13,16,18-20,29H,7-11,27H2,1-2H3,(H2,28,33)(H,30,36)(H,31,37)(H,32,38)(H,34,35)(H,39,40). The number of hydrogen-bond donors (Lipinski definition) is 8. The van der Waals surface area contributed by atoms with Crippen LogP contribution >= 0.6 is 0 Å². The second-order valence-electron chi connectivity index (χ2n) is 9.92. The third-order valence-corrected chi connectivity index (χ3v) is 6.09. The van der Waals surface area contributed by atoms with E-state index in [-0.39, 0.29) is 25.2 Å². The molecule has 2 rings (SSSR count). The fourth-order valence-corrected chi connectivity index (χ4v) is 4.09. The number of hydrogen-bond acceptors (Lipinski definition) is 7. The van der Waals surface area contributed by atoms with Crippen molar-refractivity contribution >= 4 is 46.5 Å². The maximum atomic E-state index is 13.1. The molecule has 0 aliphatic rings. The van der Waals surface area contributed by atoms with Gasteiger partial charge in [-0.25, -0.2) is 4.79 Å². The van der Waals surface area contributed by atoms with E-state index in [9.17, 15) is 33.9 Å². The lowest BCUT2D eigenvalue weighted by molar-refractivity contribution is -0.143. The van der Waals surface area contributed by atoms with Crippen LogP contribution in [0, 0.1) is 5.92 Å². The molecule has 1 aromatic heterocycles. The van der Waals surface area contributed by atoms with Crippen LogP contribution in [0.1, 0.15) is 45.1 Å². The quantitative estimate of drug-likeness (QED) is 0.130. The van der Waals surface area contributed by atoms with E-state index in [1.165, 1.54) is 0 Å². The Morgan fingerprint density at radius 1 is 0.900 bits per heavy atom. The second-order valence-corrected chi connectivity index (χ2v) is 9.92. The van der Waals surface area contributed by atoms with Crippen LogP contribution in [-0.2, 0) is 35.2 Å². The van der Waals surface area contributed by atoms with E-state index in [1.807, 2.05) is 24.3 Å². The number of carboxylic acids is 2. The van der Waals surface area contributed by atoms with Gasteiger partial charge in [-0.15, -0.1) is 0 Å². The van der Waals surface area contributed by atoms with Gasteiger partial charge in [0.2, 0.25) is 23.6 Å². The number of aliphatic carboxylic acids is 2. The maximum Gasteiger partial charge on any atom is 0.326 e. The van der Waals surface area contributed by atoms with Gasteiger partial charge >= 0.3 is 11.9 Å². The van der Waals surface area contributed by atoms with Crippen molar-refractivity contribution < 1.29 is 39.0 Å². The molecule has 0 saturated carbocycles. The van der Waals surface area contributed by atoms with Crippen LogP contribution < -0.4 is 27.4 Å². The van der Waals surface area contributed by atoms with E-state index in [2.05, 4.69) is 20.9 Å². The fourth-order valence-electron chi connectivity index (χ4n) is 4.09. The Morgan fingerprint density at radius 3 is 2.10 bits per heavy atom. The molecular weight excluding hydrogens is 524 g/mol. The Labute approximate surface area is 230 Å². The highest BCUT2D eigenvalue weighted by Crippen LogP contribution is 2.19. The molecule has 1 aromatic carbocycles. The minimum atomic E-state index is -1.57. The van der Waals surface area contributed by atoms with Crippen molar-refractivity contribution in [3.05, 3.63) is 36.0 Å². The number of amides is 4. The zero-order chi connectivity index (χ0) is 30.0. The van der Waals surface area contributed by atoms with Crippen LogP contribution in [0.25, 0.3) is 10.9 Å². The van der Waals surface area contributed by atoms with Crippen molar-refractivity contribution in [3.8, 4) is 0 Å². The lowest BCUT2D eigenvalue weighted by Gasteiger charge is -2.25. The van der Waals surface area contributed by atoms with Crippen molar-refractivity contribution in [3.63, 3.8) is 0 Å². The highest BCUT2D eigenvalue weighted by atomic mass is 16.4. The van der Waals surface area contributed by atoms with Crippen molar-refractivity contribution in [2.24, 2.45) is 17.4 Å². The molecule has 10 N–H and O–H groups in total. The lowest BCUT2D eigenvalue weighted by Crippen LogP contribution is -2.58. The largest absolute Gasteiger partial charge is 0.481 e. The van der Waals surface area contributed by atoms with Crippen LogP contribution in [0.4, 0.5) is 0 Å². The molecule has 0 saturated heterocycles. The molecule has 4 amide bonds. The number of benzene rings is 1. The zero-order valence-electron chi connectivity index (χ0n) is 22.3. The first kappa shape index (κ1) is 31.8. The zero-order valence-corrected chi connectivity index (χ0v) is 22.3. The highest BCUT2D eigenvalue weighted by molar-refractivity contribution is 5.96. The normalized spacial score (nSPS) is 14.1. The molecule has 2 aromatic rings. The molecular formula is C26H36N6O8. The summed E-state index contributed by atoms with van der Waals surface area (Å²) in [5, 5.41) is 26.4. The molecule has 4 atom stereocenters. The molecule has 4 unspecified atom stereocenters. The van der Waals surface area contributed by atoms with E-state index in [0.717, 1.165) is 16.5 Å². The summed E-state index contributed by atoms with van der Waals surface area (Å²) in [5.74, 6) is -6.26. The number of rotatable bonds is 16. The predicted octanol–water partition coefficient (Wildman–Crippen LogP) is -0.637. The van der Waals surface area contributed by atoms with E-state index in [4.69, 9.17) is 16.6 Å². The van der Waals surface area contributed by atoms with E-state index in [0.29, 0.717) is 0 Å². The molecule has 218 valence electrons. The molecule has 0 fully saturated rings. The van der Waals surface area contributed by atoms with Crippen LogP contribution in [0.3, 0.4) is 0 Å². The number of para-hydroxylation sites is 1. The fraction of sp³-hybridized carbons (Fsp3) is 0.462. The Morgan fingerprint density at radius 2 is 1.50 bits per heavy atom. The number of carboxylic acid groups (broad SMARTS) is 2. The van der Waals surface area contributed by atoms with Crippen LogP contribution in [-0.4, -0.2) is 74.9 Å². The van der Waals surface area contributed by atoms with E-state index in [1.54, 1.807) is 20.0 Å². The van der Waals surface area contributed by atoms with Crippen LogP contribution in [0.2, 0.25) is 0 Å². The van der Waals surface area contributed by atoms with Gasteiger partial charge in [-0.2, -0.15) is 0 Å². The third kappa shape index (κ3) is 9.69. The minimum Gasteiger partial charge on any atom is -0.481 e. The summed E-state index contributed by atoms with van der Waals surface area (Å²) in [7, 11) is 0. The third-order valence-electron chi connectivity index (χ3n) is 6.09. The number of fused-ring (bicyclic) bond motifs is 1. The summed E-state index contributed by atoms with van der Waals surface area (Å²) in [6.45, 7) is 3.51. The number of H-pyrrole nitrogens is 1. The van der Waals surface area contributed by atoms with Gasteiger partial charge in [-0.1, -0.05) is 32.0 Å². The van der Waals surface area contributed by atoms with Gasteiger partial charge in [0.15, 0.2) is 0 Å². The minimum absolute atomic E-state index is 0.0872. The number of nitrogens with one attached hydrogen (secondary N) is 4. The molecule has 14 heteroatoms. The first-order chi connectivity index (χ1) is 18.8. The Kier molecular flexibility index (Phi) is 11.6. The lowest BCUT2D eigenvalue weighted by atomic mass is 10.0. The SMILES string of the molecule is CC(C)CC(NC(=O)C(CC(N)=O)NC(=O)C(CCC(=O)O)NC(=O)C(N)Cc1c[nH]c2ccccc12)C(=O)O. The molecule has 1 heterocycles. The van der Waals surface area contributed by atoms with Crippen molar-refractivity contribution in [2.75, 3.05) is 0 Å². The first-order valence-corrected chi connectivity index (χ1v) is 12.7. The monoisotopic (exact) mass is 560 g/mol. The Balaban J connectivity index is 2.16. The first-order valence-electron chi connectivity index (χ1n) is 12.7. The maximum absolute atomic E-state index is 13.1. The van der Waals surface area contributed by atoms with Gasteiger partial charge in [0.25, 0.3) is 0 Å². The van der Waals surface area contributed by atoms with E-state index < -0.39 is 72.6 Å².